The molecular formula is C59H88O6. The Bertz CT molecular complexity index is 1540. The Morgan fingerprint density at radius 3 is 1.22 bits per heavy atom. The molecule has 0 saturated carbocycles. The number of unbranched alkanes of at least 4 members (excludes halogenated alkanes) is 11. The number of carbonyl (C=O) groups is 3. The Morgan fingerprint density at radius 2 is 0.723 bits per heavy atom. The first-order valence-electron chi connectivity index (χ1n) is 25.1. The molecule has 0 aliphatic heterocycles. The molecule has 0 fully saturated rings. The van der Waals surface area contributed by atoms with Crippen LogP contribution in [-0.4, -0.2) is 37.2 Å². The van der Waals surface area contributed by atoms with Crippen LogP contribution in [0.2, 0.25) is 0 Å². The van der Waals surface area contributed by atoms with Gasteiger partial charge in [-0.25, -0.2) is 0 Å². The highest BCUT2D eigenvalue weighted by Gasteiger charge is 2.19. The molecule has 0 aromatic rings. The number of hydrogen-bond acceptors (Lipinski definition) is 6. The first kappa shape index (κ1) is 60.0. The van der Waals surface area contributed by atoms with Crippen molar-refractivity contribution in [1.29, 1.82) is 0 Å². The summed E-state index contributed by atoms with van der Waals surface area (Å²) in [6.45, 7) is 6.18. The minimum atomic E-state index is -0.862. The minimum absolute atomic E-state index is 0.149. The van der Waals surface area contributed by atoms with Crippen molar-refractivity contribution in [3.63, 3.8) is 0 Å². The van der Waals surface area contributed by atoms with Gasteiger partial charge in [0.05, 0.1) is 0 Å². The van der Waals surface area contributed by atoms with Gasteiger partial charge >= 0.3 is 17.9 Å². The largest absolute Gasteiger partial charge is 0.462 e. The summed E-state index contributed by atoms with van der Waals surface area (Å²) in [4.78, 5) is 37.9. The summed E-state index contributed by atoms with van der Waals surface area (Å²) in [6.07, 6.45) is 75.3. The van der Waals surface area contributed by atoms with Crippen molar-refractivity contribution in [2.45, 2.75) is 181 Å². The van der Waals surface area contributed by atoms with Gasteiger partial charge in [0, 0.05) is 19.3 Å². The van der Waals surface area contributed by atoms with E-state index in [0.717, 1.165) is 89.9 Å². The van der Waals surface area contributed by atoms with Crippen molar-refractivity contribution in [1.82, 2.24) is 0 Å². The molecule has 0 aliphatic carbocycles. The fourth-order valence-corrected chi connectivity index (χ4v) is 5.99. The van der Waals surface area contributed by atoms with Crippen molar-refractivity contribution in [3.05, 3.63) is 158 Å². The molecular weight excluding hydrogens is 805 g/mol. The van der Waals surface area contributed by atoms with Gasteiger partial charge < -0.3 is 14.2 Å². The van der Waals surface area contributed by atoms with E-state index >= 15 is 0 Å². The molecule has 0 aromatic carbocycles. The third kappa shape index (κ3) is 49.9. The van der Waals surface area contributed by atoms with E-state index in [1.807, 2.05) is 66.8 Å². The monoisotopic (exact) mass is 893 g/mol. The lowest BCUT2D eigenvalue weighted by molar-refractivity contribution is -0.166. The summed E-state index contributed by atoms with van der Waals surface area (Å²) in [6, 6.07) is 0. The fraction of sp³-hybridized carbons (Fsp3) is 0.508. The molecule has 0 aliphatic rings. The van der Waals surface area contributed by atoms with Crippen LogP contribution >= 0.6 is 0 Å². The van der Waals surface area contributed by atoms with Crippen LogP contribution in [0.25, 0.3) is 0 Å². The third-order valence-corrected chi connectivity index (χ3v) is 9.70. The first-order valence-corrected chi connectivity index (χ1v) is 25.1. The molecule has 6 heteroatoms. The van der Waals surface area contributed by atoms with Gasteiger partial charge in [-0.05, 0) is 89.9 Å². The Kier molecular flexibility index (Phi) is 47.7. The van der Waals surface area contributed by atoms with E-state index in [2.05, 4.69) is 112 Å². The molecule has 0 N–H and O–H groups in total. The quantitative estimate of drug-likeness (QED) is 0.0200. The van der Waals surface area contributed by atoms with Crippen LogP contribution < -0.4 is 0 Å². The summed E-state index contributed by atoms with van der Waals surface area (Å²) in [5, 5.41) is 0. The number of allylic oxidation sites excluding steroid dienone is 26. The highest BCUT2D eigenvalue weighted by Crippen LogP contribution is 2.11. The Hall–Kier alpha value is -4.97. The van der Waals surface area contributed by atoms with Crippen LogP contribution in [-0.2, 0) is 28.6 Å². The van der Waals surface area contributed by atoms with E-state index in [4.69, 9.17) is 14.2 Å². The van der Waals surface area contributed by atoms with Gasteiger partial charge in [0.1, 0.15) is 13.2 Å². The second-order valence-corrected chi connectivity index (χ2v) is 15.8. The minimum Gasteiger partial charge on any atom is -0.462 e. The number of carbonyl (C=O) groups excluding carboxylic acids is 3. The summed E-state index contributed by atoms with van der Waals surface area (Å²) in [5.41, 5.74) is 0. The Labute approximate surface area is 397 Å². The molecule has 0 amide bonds. The zero-order valence-electron chi connectivity index (χ0n) is 40.9. The molecule has 65 heavy (non-hydrogen) atoms. The Balaban J connectivity index is 4.66. The summed E-state index contributed by atoms with van der Waals surface area (Å²) in [7, 11) is 0. The van der Waals surface area contributed by atoms with E-state index in [-0.39, 0.29) is 38.0 Å². The average molecular weight is 893 g/mol. The van der Waals surface area contributed by atoms with E-state index < -0.39 is 12.1 Å². The van der Waals surface area contributed by atoms with Gasteiger partial charge in [0.25, 0.3) is 0 Å². The van der Waals surface area contributed by atoms with Crippen LogP contribution in [0.5, 0.6) is 0 Å². The van der Waals surface area contributed by atoms with Crippen LogP contribution in [0.4, 0.5) is 0 Å². The molecule has 6 nitrogen and oxygen atoms in total. The topological polar surface area (TPSA) is 78.9 Å². The van der Waals surface area contributed by atoms with Crippen molar-refractivity contribution in [2.24, 2.45) is 0 Å². The van der Waals surface area contributed by atoms with Gasteiger partial charge in [-0.3, -0.25) is 14.4 Å². The number of rotatable bonds is 42. The van der Waals surface area contributed by atoms with E-state index in [0.29, 0.717) is 19.3 Å². The number of esters is 3. The zero-order chi connectivity index (χ0) is 47.2. The van der Waals surface area contributed by atoms with Gasteiger partial charge in [-0.15, -0.1) is 0 Å². The van der Waals surface area contributed by atoms with Crippen LogP contribution in [0, 0.1) is 0 Å². The first-order chi connectivity index (χ1) is 32.0. The fourth-order valence-electron chi connectivity index (χ4n) is 5.99. The van der Waals surface area contributed by atoms with Crippen molar-refractivity contribution in [2.75, 3.05) is 13.2 Å². The lowest BCUT2D eigenvalue weighted by atomic mass is 10.1. The molecule has 0 saturated heterocycles. The maximum absolute atomic E-state index is 12.8. The lowest BCUT2D eigenvalue weighted by Gasteiger charge is -2.18. The Morgan fingerprint density at radius 1 is 0.338 bits per heavy atom. The highest BCUT2D eigenvalue weighted by molar-refractivity contribution is 5.71. The van der Waals surface area contributed by atoms with E-state index in [1.165, 1.54) is 32.1 Å². The highest BCUT2D eigenvalue weighted by atomic mass is 16.6. The molecule has 0 spiro atoms. The maximum Gasteiger partial charge on any atom is 0.306 e. The average Bonchev–Trinajstić information content (AvgIpc) is 3.30. The molecule has 0 bridgehead atoms. The SMILES string of the molecule is CC/C=C/C=C/C=C/C=C/C=C/CCCC(=O)OCC(COC(=O)CCCCCCC/C=C/C=C/C=C/CCCCCCC)OC(=O)CC/C=C/C/C=C/C/C=C/C/C=C/C/C=C/CC. The zero-order valence-corrected chi connectivity index (χ0v) is 40.9. The van der Waals surface area contributed by atoms with E-state index in [9.17, 15) is 14.4 Å². The van der Waals surface area contributed by atoms with Crippen molar-refractivity contribution >= 4 is 17.9 Å². The molecule has 360 valence electrons. The predicted molar refractivity (Wildman–Crippen MR) is 278 cm³/mol. The second-order valence-electron chi connectivity index (χ2n) is 15.8. The molecule has 1 unspecified atom stereocenters. The summed E-state index contributed by atoms with van der Waals surface area (Å²) in [5.74, 6) is -1.14. The summed E-state index contributed by atoms with van der Waals surface area (Å²) < 4.78 is 16.6. The third-order valence-electron chi connectivity index (χ3n) is 9.70. The summed E-state index contributed by atoms with van der Waals surface area (Å²) >= 11 is 0. The predicted octanol–water partition coefficient (Wildman–Crippen LogP) is 16.6. The van der Waals surface area contributed by atoms with Crippen LogP contribution in [0.3, 0.4) is 0 Å². The maximum atomic E-state index is 12.8. The van der Waals surface area contributed by atoms with Gasteiger partial charge in [-0.2, -0.15) is 0 Å². The van der Waals surface area contributed by atoms with Gasteiger partial charge in [0.15, 0.2) is 6.10 Å². The van der Waals surface area contributed by atoms with Crippen molar-refractivity contribution in [3.8, 4) is 0 Å². The molecule has 0 rings (SSSR count). The van der Waals surface area contributed by atoms with Gasteiger partial charge in [0.2, 0.25) is 0 Å². The molecule has 1 atom stereocenters. The second kappa shape index (κ2) is 51.7. The number of ether oxygens (including phenoxy) is 3. The smallest absolute Gasteiger partial charge is 0.306 e. The van der Waals surface area contributed by atoms with Crippen LogP contribution in [0.1, 0.15) is 175 Å². The normalized spacial score (nSPS) is 13.5. The molecule has 0 aromatic heterocycles. The lowest BCUT2D eigenvalue weighted by Crippen LogP contribution is -2.30. The standard InChI is InChI=1S/C59H88O6/c1-4-7-10-13-16-19-22-25-27-29-30-32-34-37-40-43-46-49-52-58(61)64-55-56(54-63-57(60)51-48-45-42-39-36-33-24-21-18-15-12-9-6-3)65-59(62)53-50-47-44-41-38-35-31-28-26-23-20-17-14-11-8-5-2/h8-9,11-12,15,17-18,20-22,24-30,32-33,35-36,38-39,42,44,47,56H,4-7,10,13-14,16,19,23,31,34,37,40-41,43,45-46,48-55H2,1-3H3/b11-8+,12-9+,18-15+,20-17+,24-21+,25-22+,28-26+,29-27+,32-30+,36-33+,38-35+,42-39+,47-44+. The molecule has 0 heterocycles. The van der Waals surface area contributed by atoms with E-state index in [1.54, 1.807) is 0 Å². The van der Waals surface area contributed by atoms with Crippen LogP contribution in [0.15, 0.2) is 158 Å². The van der Waals surface area contributed by atoms with Crippen molar-refractivity contribution < 1.29 is 28.6 Å². The molecule has 0 radical (unpaired) electrons. The van der Waals surface area contributed by atoms with Gasteiger partial charge in [-0.1, -0.05) is 224 Å². The number of hydrogen-bond donors (Lipinski definition) is 0.